The van der Waals surface area contributed by atoms with Gasteiger partial charge in [-0.25, -0.2) is 4.98 Å². The smallest absolute Gasteiger partial charge is 0.262 e. The van der Waals surface area contributed by atoms with E-state index in [2.05, 4.69) is 24.1 Å². The molecule has 0 unspecified atom stereocenters. The first kappa shape index (κ1) is 20.1. The van der Waals surface area contributed by atoms with Crippen molar-refractivity contribution in [3.63, 3.8) is 0 Å². The molecule has 0 spiro atoms. The molecule has 1 N–H and O–H groups in total. The molecule has 0 saturated carbocycles. The molecular formula is C22H25N3O2S. The first-order chi connectivity index (χ1) is 13.5. The topological polar surface area (TPSA) is 64.0 Å². The second kappa shape index (κ2) is 9.06. The number of fused-ring (bicyclic) bond motifs is 1. The lowest BCUT2D eigenvalue weighted by molar-refractivity contribution is -0.113. The molecule has 2 aromatic carbocycles. The Morgan fingerprint density at radius 3 is 2.54 bits per heavy atom. The van der Waals surface area contributed by atoms with Crippen LogP contribution in [-0.2, 0) is 11.3 Å². The van der Waals surface area contributed by atoms with Crippen molar-refractivity contribution in [1.29, 1.82) is 0 Å². The number of thioether (sulfide) groups is 1. The predicted molar refractivity (Wildman–Crippen MR) is 116 cm³/mol. The molecule has 1 heterocycles. The van der Waals surface area contributed by atoms with Gasteiger partial charge in [0, 0.05) is 12.2 Å². The lowest BCUT2D eigenvalue weighted by Crippen LogP contribution is -2.24. The van der Waals surface area contributed by atoms with Crippen molar-refractivity contribution < 1.29 is 4.79 Å². The largest absolute Gasteiger partial charge is 0.325 e. The quantitative estimate of drug-likeness (QED) is 0.467. The molecule has 0 atom stereocenters. The van der Waals surface area contributed by atoms with Gasteiger partial charge in [-0.1, -0.05) is 56.8 Å². The number of anilines is 1. The van der Waals surface area contributed by atoms with Gasteiger partial charge in [-0.15, -0.1) is 0 Å². The number of para-hydroxylation sites is 1. The first-order valence-electron chi connectivity index (χ1n) is 9.51. The van der Waals surface area contributed by atoms with Gasteiger partial charge < -0.3 is 5.32 Å². The van der Waals surface area contributed by atoms with Gasteiger partial charge in [0.05, 0.1) is 16.7 Å². The molecule has 0 aliphatic heterocycles. The predicted octanol–water partition coefficient (Wildman–Crippen LogP) is 4.66. The number of hydrogen-bond acceptors (Lipinski definition) is 4. The van der Waals surface area contributed by atoms with E-state index in [-0.39, 0.29) is 17.2 Å². The molecule has 0 saturated heterocycles. The van der Waals surface area contributed by atoms with Crippen LogP contribution in [0.4, 0.5) is 5.69 Å². The van der Waals surface area contributed by atoms with Crippen LogP contribution in [0.15, 0.2) is 58.5 Å². The summed E-state index contributed by atoms with van der Waals surface area (Å²) in [7, 11) is 0. The van der Waals surface area contributed by atoms with E-state index in [1.165, 1.54) is 17.3 Å². The molecule has 0 bridgehead atoms. The number of nitrogens with one attached hydrogen (secondary N) is 1. The molecule has 1 aromatic heterocycles. The zero-order valence-electron chi connectivity index (χ0n) is 16.4. The Labute approximate surface area is 169 Å². The molecule has 6 heteroatoms. The number of rotatable bonds is 7. The molecule has 28 heavy (non-hydrogen) atoms. The summed E-state index contributed by atoms with van der Waals surface area (Å²) in [5.74, 6) is 0.530. The lowest BCUT2D eigenvalue weighted by atomic mass is 10.0. The highest BCUT2D eigenvalue weighted by Gasteiger charge is 2.13. The van der Waals surface area contributed by atoms with Crippen LogP contribution in [0.3, 0.4) is 0 Å². The van der Waals surface area contributed by atoms with Crippen LogP contribution in [0, 0.1) is 0 Å². The Morgan fingerprint density at radius 1 is 1.14 bits per heavy atom. The van der Waals surface area contributed by atoms with Crippen LogP contribution in [0.2, 0.25) is 0 Å². The number of benzene rings is 2. The standard InChI is InChI=1S/C22H25N3O2S/c1-4-13-25-21(27)18-7-5-6-8-19(18)24-22(25)28-14-20(26)23-17-11-9-16(10-12-17)15(2)3/h5-12,15H,4,13-14H2,1-3H3,(H,23,26). The fraction of sp³-hybridized carbons (Fsp3) is 0.318. The van der Waals surface area contributed by atoms with Gasteiger partial charge in [0.15, 0.2) is 5.16 Å². The third-order valence-electron chi connectivity index (χ3n) is 4.47. The van der Waals surface area contributed by atoms with Gasteiger partial charge in [-0.2, -0.15) is 0 Å². The first-order valence-corrected chi connectivity index (χ1v) is 10.5. The Morgan fingerprint density at radius 2 is 1.86 bits per heavy atom. The van der Waals surface area contributed by atoms with Gasteiger partial charge in [0.25, 0.3) is 5.56 Å². The van der Waals surface area contributed by atoms with Gasteiger partial charge in [0.2, 0.25) is 5.91 Å². The molecule has 146 valence electrons. The summed E-state index contributed by atoms with van der Waals surface area (Å²) < 4.78 is 1.66. The Bertz CT molecular complexity index is 1030. The Hall–Kier alpha value is -2.60. The number of carbonyl (C=O) groups is 1. The number of amides is 1. The normalized spacial score (nSPS) is 11.1. The maximum Gasteiger partial charge on any atom is 0.262 e. The minimum atomic E-state index is -0.118. The molecule has 3 aromatic rings. The second-order valence-electron chi connectivity index (χ2n) is 6.98. The van der Waals surface area contributed by atoms with Crippen molar-refractivity contribution in [2.24, 2.45) is 0 Å². The fourth-order valence-corrected chi connectivity index (χ4v) is 3.78. The highest BCUT2D eigenvalue weighted by molar-refractivity contribution is 7.99. The SMILES string of the molecule is CCCn1c(SCC(=O)Nc2ccc(C(C)C)cc2)nc2ccccc2c1=O. The molecular weight excluding hydrogens is 370 g/mol. The zero-order chi connectivity index (χ0) is 20.1. The van der Waals surface area contributed by atoms with E-state index in [4.69, 9.17) is 0 Å². The molecule has 0 radical (unpaired) electrons. The molecule has 0 fully saturated rings. The minimum absolute atomic E-state index is 0.0559. The molecule has 0 aliphatic rings. The highest BCUT2D eigenvalue weighted by Crippen LogP contribution is 2.20. The lowest BCUT2D eigenvalue weighted by Gasteiger charge is -2.12. The maximum absolute atomic E-state index is 12.8. The van der Waals surface area contributed by atoms with E-state index in [0.29, 0.717) is 28.5 Å². The van der Waals surface area contributed by atoms with Gasteiger partial charge in [-0.05, 0) is 42.2 Å². The van der Waals surface area contributed by atoms with Crippen molar-refractivity contribution in [2.45, 2.75) is 44.8 Å². The summed E-state index contributed by atoms with van der Waals surface area (Å²) >= 11 is 1.29. The number of hydrogen-bond donors (Lipinski definition) is 1. The van der Waals surface area contributed by atoms with Crippen LogP contribution in [0.5, 0.6) is 0 Å². The van der Waals surface area contributed by atoms with E-state index in [9.17, 15) is 9.59 Å². The Kier molecular flexibility index (Phi) is 6.52. The summed E-state index contributed by atoms with van der Waals surface area (Å²) in [6, 6.07) is 15.2. The molecule has 5 nitrogen and oxygen atoms in total. The van der Waals surface area contributed by atoms with E-state index in [1.54, 1.807) is 10.6 Å². The van der Waals surface area contributed by atoms with Crippen molar-refractivity contribution in [2.75, 3.05) is 11.1 Å². The third-order valence-corrected chi connectivity index (χ3v) is 5.44. The van der Waals surface area contributed by atoms with Gasteiger partial charge in [0.1, 0.15) is 0 Å². The van der Waals surface area contributed by atoms with Crippen LogP contribution in [0.1, 0.15) is 38.7 Å². The molecule has 0 aliphatic carbocycles. The maximum atomic E-state index is 12.8. The van der Waals surface area contributed by atoms with E-state index in [0.717, 1.165) is 12.1 Å². The Balaban J connectivity index is 1.74. The average molecular weight is 396 g/mol. The third kappa shape index (κ3) is 4.62. The monoisotopic (exact) mass is 395 g/mol. The van der Waals surface area contributed by atoms with Gasteiger partial charge >= 0.3 is 0 Å². The van der Waals surface area contributed by atoms with E-state index >= 15 is 0 Å². The summed E-state index contributed by atoms with van der Waals surface area (Å²) in [5, 5.41) is 4.09. The molecule has 3 rings (SSSR count). The number of carbonyl (C=O) groups excluding carboxylic acids is 1. The van der Waals surface area contributed by atoms with Crippen molar-refractivity contribution in [3.05, 3.63) is 64.4 Å². The summed E-state index contributed by atoms with van der Waals surface area (Å²) in [6.45, 7) is 6.87. The second-order valence-corrected chi connectivity index (χ2v) is 7.92. The molecule has 1 amide bonds. The fourth-order valence-electron chi connectivity index (χ4n) is 2.96. The van der Waals surface area contributed by atoms with Crippen molar-refractivity contribution in [1.82, 2.24) is 9.55 Å². The summed E-state index contributed by atoms with van der Waals surface area (Å²) in [4.78, 5) is 29.8. The summed E-state index contributed by atoms with van der Waals surface area (Å²) in [6.07, 6.45) is 0.821. The zero-order valence-corrected chi connectivity index (χ0v) is 17.3. The average Bonchev–Trinajstić information content (AvgIpc) is 2.69. The van der Waals surface area contributed by atoms with E-state index < -0.39 is 0 Å². The highest BCUT2D eigenvalue weighted by atomic mass is 32.2. The van der Waals surface area contributed by atoms with Crippen LogP contribution in [-0.4, -0.2) is 21.2 Å². The number of aromatic nitrogens is 2. The van der Waals surface area contributed by atoms with Crippen LogP contribution in [0.25, 0.3) is 10.9 Å². The van der Waals surface area contributed by atoms with Gasteiger partial charge in [-0.3, -0.25) is 14.2 Å². The summed E-state index contributed by atoms with van der Waals surface area (Å²) in [5.41, 5.74) is 2.61. The van der Waals surface area contributed by atoms with E-state index in [1.807, 2.05) is 49.4 Å². The van der Waals surface area contributed by atoms with Crippen molar-refractivity contribution in [3.8, 4) is 0 Å². The minimum Gasteiger partial charge on any atom is -0.325 e. The number of nitrogens with zero attached hydrogens (tertiary/aromatic N) is 2. The van der Waals surface area contributed by atoms with Crippen LogP contribution < -0.4 is 10.9 Å². The van der Waals surface area contributed by atoms with Crippen LogP contribution >= 0.6 is 11.8 Å². The van der Waals surface area contributed by atoms with Crippen molar-refractivity contribution >= 4 is 34.3 Å².